The molecule has 1 N–H and O–H groups in total. The summed E-state index contributed by atoms with van der Waals surface area (Å²) < 4.78 is 5.78. The third kappa shape index (κ3) is 3.46. The first kappa shape index (κ1) is 16.0. The van der Waals surface area contributed by atoms with Crippen LogP contribution < -0.4 is 5.32 Å². The minimum absolute atomic E-state index is 0.00340. The smallest absolute Gasteiger partial charge is 0.230 e. The van der Waals surface area contributed by atoms with Crippen LogP contribution in [0.4, 0.5) is 5.69 Å². The number of carbonyl (C=O) groups excluding carboxylic acids is 1. The molecule has 0 spiro atoms. The molecule has 3 unspecified atom stereocenters. The van der Waals surface area contributed by atoms with Gasteiger partial charge in [-0.2, -0.15) is 0 Å². The van der Waals surface area contributed by atoms with Crippen molar-refractivity contribution in [2.75, 3.05) is 5.32 Å². The monoisotopic (exact) mass is 359 g/mol. The molecule has 5 heteroatoms. The van der Waals surface area contributed by atoms with Gasteiger partial charge in [-0.1, -0.05) is 29.4 Å². The van der Waals surface area contributed by atoms with Crippen molar-refractivity contribution >= 4 is 35.0 Å². The average molecular weight is 360 g/mol. The summed E-state index contributed by atoms with van der Waals surface area (Å²) in [6.07, 6.45) is 3.37. The molecule has 2 aromatic carbocycles. The van der Waals surface area contributed by atoms with Crippen molar-refractivity contribution in [2.45, 2.75) is 41.3 Å². The van der Waals surface area contributed by atoms with E-state index in [0.717, 1.165) is 39.8 Å². The zero-order valence-corrected chi connectivity index (χ0v) is 14.6. The average Bonchev–Trinajstić information content (AvgIpc) is 3.20. The third-order valence-electron chi connectivity index (χ3n) is 4.59. The number of carbonyl (C=O) groups is 1. The first-order chi connectivity index (χ1) is 11.7. The quantitative estimate of drug-likeness (QED) is 0.835. The summed E-state index contributed by atoms with van der Waals surface area (Å²) in [6, 6.07) is 15.7. The molecular weight excluding hydrogens is 342 g/mol. The van der Waals surface area contributed by atoms with E-state index in [-0.39, 0.29) is 24.0 Å². The summed E-state index contributed by atoms with van der Waals surface area (Å²) in [5, 5.41) is 3.78. The molecule has 3 atom stereocenters. The van der Waals surface area contributed by atoms with Crippen LogP contribution in [0.25, 0.3) is 0 Å². The van der Waals surface area contributed by atoms with Crippen LogP contribution in [0.3, 0.4) is 0 Å². The van der Waals surface area contributed by atoms with Crippen molar-refractivity contribution in [3.63, 3.8) is 0 Å². The Labute approximate surface area is 150 Å². The van der Waals surface area contributed by atoms with Crippen LogP contribution in [-0.4, -0.2) is 18.1 Å². The van der Waals surface area contributed by atoms with Crippen LogP contribution in [-0.2, 0) is 9.53 Å². The second-order valence-corrected chi connectivity index (χ2v) is 7.87. The van der Waals surface area contributed by atoms with Gasteiger partial charge in [-0.05, 0) is 61.7 Å². The number of benzene rings is 2. The molecule has 2 aliphatic heterocycles. The molecule has 2 fully saturated rings. The lowest BCUT2D eigenvalue weighted by Gasteiger charge is -2.18. The maximum Gasteiger partial charge on any atom is 0.230 e. The van der Waals surface area contributed by atoms with Crippen molar-refractivity contribution in [2.24, 2.45) is 5.92 Å². The maximum absolute atomic E-state index is 12.5. The second-order valence-electron chi connectivity index (χ2n) is 6.29. The van der Waals surface area contributed by atoms with Crippen LogP contribution in [0.15, 0.2) is 58.3 Å². The zero-order valence-electron chi connectivity index (χ0n) is 13.1. The Hall–Kier alpha value is -1.49. The number of nitrogens with one attached hydrogen (secondary N) is 1. The van der Waals surface area contributed by atoms with E-state index in [1.54, 1.807) is 11.8 Å². The van der Waals surface area contributed by atoms with Gasteiger partial charge in [0.2, 0.25) is 5.91 Å². The minimum Gasteiger partial charge on any atom is -0.374 e. The van der Waals surface area contributed by atoms with Gasteiger partial charge in [-0.25, -0.2) is 0 Å². The van der Waals surface area contributed by atoms with Gasteiger partial charge in [0.05, 0.1) is 18.1 Å². The van der Waals surface area contributed by atoms with E-state index in [4.69, 9.17) is 16.3 Å². The number of ether oxygens (including phenoxy) is 1. The fourth-order valence-corrected chi connectivity index (χ4v) is 4.43. The molecule has 0 aliphatic carbocycles. The summed E-state index contributed by atoms with van der Waals surface area (Å²) in [6.45, 7) is 0. The summed E-state index contributed by atoms with van der Waals surface area (Å²) in [5.41, 5.74) is 0.835. The van der Waals surface area contributed by atoms with Crippen LogP contribution in [0, 0.1) is 5.92 Å². The largest absolute Gasteiger partial charge is 0.374 e. The number of amides is 1. The van der Waals surface area contributed by atoms with Gasteiger partial charge in [0.15, 0.2) is 0 Å². The molecule has 0 aromatic heterocycles. The standard InChI is InChI=1S/C19H18ClNO2S/c20-12-4-7-15(8-5-12)24-16-3-1-2-13(10-16)21-19(22)17-11-14-6-9-18(17)23-14/h1-5,7-8,10,14,17-18H,6,9,11H2,(H,21,22). The van der Waals surface area contributed by atoms with Crippen molar-refractivity contribution in [1.29, 1.82) is 0 Å². The first-order valence-electron chi connectivity index (χ1n) is 8.17. The summed E-state index contributed by atoms with van der Waals surface area (Å²) in [7, 11) is 0. The molecule has 24 heavy (non-hydrogen) atoms. The Morgan fingerprint density at radius 2 is 1.96 bits per heavy atom. The Bertz CT molecular complexity index is 749. The minimum atomic E-state index is -0.00340. The summed E-state index contributed by atoms with van der Waals surface area (Å²) in [5.74, 6) is 0.0761. The van der Waals surface area contributed by atoms with Crippen LogP contribution in [0.1, 0.15) is 19.3 Å². The van der Waals surface area contributed by atoms with E-state index in [1.807, 2.05) is 48.5 Å². The molecule has 2 saturated heterocycles. The Kier molecular flexibility index (Phi) is 4.53. The number of hydrogen-bond donors (Lipinski definition) is 1. The van der Waals surface area contributed by atoms with Gasteiger partial charge in [0.25, 0.3) is 0 Å². The Morgan fingerprint density at radius 1 is 1.12 bits per heavy atom. The highest BCUT2D eigenvalue weighted by atomic mass is 35.5. The lowest BCUT2D eigenvalue weighted by molar-refractivity contribution is -0.121. The highest BCUT2D eigenvalue weighted by Crippen LogP contribution is 2.39. The summed E-state index contributed by atoms with van der Waals surface area (Å²) >= 11 is 7.57. The summed E-state index contributed by atoms with van der Waals surface area (Å²) in [4.78, 5) is 14.7. The Morgan fingerprint density at radius 3 is 2.67 bits per heavy atom. The third-order valence-corrected chi connectivity index (χ3v) is 5.84. The van der Waals surface area contributed by atoms with E-state index in [9.17, 15) is 4.79 Å². The zero-order chi connectivity index (χ0) is 16.5. The van der Waals surface area contributed by atoms with Crippen molar-refractivity contribution in [1.82, 2.24) is 0 Å². The van der Waals surface area contributed by atoms with Crippen LogP contribution in [0.5, 0.6) is 0 Å². The lowest BCUT2D eigenvalue weighted by atomic mass is 9.88. The van der Waals surface area contributed by atoms with Gasteiger partial charge >= 0.3 is 0 Å². The van der Waals surface area contributed by atoms with E-state index >= 15 is 0 Å². The highest BCUT2D eigenvalue weighted by molar-refractivity contribution is 7.99. The number of halogens is 1. The SMILES string of the molecule is O=C(Nc1cccc(Sc2ccc(Cl)cc2)c1)C1CC2CCC1O2. The van der Waals surface area contributed by atoms with Crippen molar-refractivity contribution < 1.29 is 9.53 Å². The van der Waals surface area contributed by atoms with Gasteiger partial charge in [-0.3, -0.25) is 4.79 Å². The van der Waals surface area contributed by atoms with E-state index in [1.165, 1.54) is 0 Å². The molecule has 0 saturated carbocycles. The number of fused-ring (bicyclic) bond motifs is 2. The molecule has 3 nitrogen and oxygen atoms in total. The van der Waals surface area contributed by atoms with Gasteiger partial charge in [0.1, 0.15) is 0 Å². The van der Waals surface area contributed by atoms with Gasteiger partial charge in [0, 0.05) is 20.5 Å². The molecule has 0 radical (unpaired) electrons. The number of hydrogen-bond acceptors (Lipinski definition) is 3. The highest BCUT2D eigenvalue weighted by Gasteiger charge is 2.44. The van der Waals surface area contributed by atoms with Gasteiger partial charge in [-0.15, -0.1) is 0 Å². The first-order valence-corrected chi connectivity index (χ1v) is 9.36. The predicted octanol–water partition coefficient (Wildman–Crippen LogP) is 5.00. The van der Waals surface area contributed by atoms with Crippen molar-refractivity contribution in [3.8, 4) is 0 Å². The molecule has 1 amide bonds. The molecule has 2 bridgehead atoms. The lowest BCUT2D eigenvalue weighted by Crippen LogP contribution is -2.30. The number of anilines is 1. The van der Waals surface area contributed by atoms with E-state index in [2.05, 4.69) is 5.32 Å². The second kappa shape index (κ2) is 6.79. The predicted molar refractivity (Wildman–Crippen MR) is 96.6 cm³/mol. The molecule has 2 aromatic rings. The van der Waals surface area contributed by atoms with Gasteiger partial charge < -0.3 is 10.1 Å². The molecule has 2 aliphatic rings. The van der Waals surface area contributed by atoms with Crippen LogP contribution in [0.2, 0.25) is 5.02 Å². The molecular formula is C19H18ClNO2S. The van der Waals surface area contributed by atoms with E-state index < -0.39 is 0 Å². The van der Waals surface area contributed by atoms with Crippen molar-refractivity contribution in [3.05, 3.63) is 53.6 Å². The van der Waals surface area contributed by atoms with E-state index in [0.29, 0.717) is 0 Å². The maximum atomic E-state index is 12.5. The molecule has 2 heterocycles. The molecule has 4 rings (SSSR count). The molecule has 124 valence electrons. The fourth-order valence-electron chi connectivity index (χ4n) is 3.42. The fraction of sp³-hybridized carbons (Fsp3) is 0.316. The number of rotatable bonds is 4. The normalized spacial score (nSPS) is 25.0. The van der Waals surface area contributed by atoms with Crippen LogP contribution >= 0.6 is 23.4 Å². The topological polar surface area (TPSA) is 38.3 Å². The Balaban J connectivity index is 1.42.